The van der Waals surface area contributed by atoms with Crippen molar-refractivity contribution in [3.8, 4) is 16.8 Å². The number of benzene rings is 4. The molecule has 5 N–H and O–H groups in total. The summed E-state index contributed by atoms with van der Waals surface area (Å²) in [4.78, 5) is 12.3. The lowest BCUT2D eigenvalue weighted by atomic mass is 10.0. The normalized spacial score (nSPS) is 12.0. The number of rotatable bonds is 7. The molecule has 0 fully saturated rings. The number of aliphatic hydroxyl groups is 1. The quantitative estimate of drug-likeness (QED) is 0.257. The SMILES string of the molecule is N=c1n(Cc2ccccc2Cl)c2ccccc2n1-c1ccc(-c2ccccc2NC(=O)[C@@H](N)CO)cc1. The summed E-state index contributed by atoms with van der Waals surface area (Å²) in [6, 6.07) is 29.9. The summed E-state index contributed by atoms with van der Waals surface area (Å²) < 4.78 is 3.85. The van der Waals surface area contributed by atoms with E-state index in [0.29, 0.717) is 22.9 Å². The molecule has 1 heterocycles. The molecule has 5 rings (SSSR count). The molecule has 1 atom stereocenters. The summed E-state index contributed by atoms with van der Waals surface area (Å²) in [6.07, 6.45) is 0. The summed E-state index contributed by atoms with van der Waals surface area (Å²) in [7, 11) is 0. The van der Waals surface area contributed by atoms with Crippen molar-refractivity contribution in [1.82, 2.24) is 9.13 Å². The van der Waals surface area contributed by atoms with Crippen molar-refractivity contribution in [2.24, 2.45) is 5.73 Å². The minimum absolute atomic E-state index is 0.333. The van der Waals surface area contributed by atoms with E-state index in [1.165, 1.54) is 0 Å². The molecule has 8 heteroatoms. The van der Waals surface area contributed by atoms with E-state index in [9.17, 15) is 9.90 Å². The van der Waals surface area contributed by atoms with E-state index in [4.69, 9.17) is 22.7 Å². The third kappa shape index (κ3) is 4.80. The maximum Gasteiger partial charge on any atom is 0.243 e. The van der Waals surface area contributed by atoms with Crippen LogP contribution in [0, 0.1) is 5.41 Å². The Kier molecular flexibility index (Phi) is 6.92. The fourth-order valence-corrected chi connectivity index (χ4v) is 4.59. The molecule has 0 radical (unpaired) electrons. The summed E-state index contributed by atoms with van der Waals surface area (Å²) in [6.45, 7) is 0.0482. The third-order valence-electron chi connectivity index (χ3n) is 6.32. The van der Waals surface area contributed by atoms with E-state index >= 15 is 0 Å². The second-order valence-corrected chi connectivity index (χ2v) is 9.10. The van der Waals surface area contributed by atoms with E-state index in [2.05, 4.69) is 5.32 Å². The second-order valence-electron chi connectivity index (χ2n) is 8.70. The van der Waals surface area contributed by atoms with Crippen LogP contribution in [-0.4, -0.2) is 32.8 Å². The number of anilines is 1. The lowest BCUT2D eigenvalue weighted by molar-refractivity contribution is -0.118. The summed E-state index contributed by atoms with van der Waals surface area (Å²) in [5.74, 6) is -0.452. The standard InChI is InChI=1S/C29H26ClN5O2/c30-23-9-3-1-7-20(23)17-34-26-11-5-6-12-27(26)35(29(34)32)21-15-13-19(14-16-21)22-8-2-4-10-25(22)33-28(37)24(31)18-36/h1-16,24,32,36H,17-18,31H2,(H,33,37)/t24-/m0/s1. The molecule has 186 valence electrons. The summed E-state index contributed by atoms with van der Waals surface area (Å²) in [5, 5.41) is 21.7. The van der Waals surface area contributed by atoms with E-state index in [1.54, 1.807) is 6.07 Å². The number of aliphatic hydroxyl groups excluding tert-OH is 1. The largest absolute Gasteiger partial charge is 0.394 e. The molecule has 0 aliphatic rings. The zero-order chi connectivity index (χ0) is 25.9. The fourth-order valence-electron chi connectivity index (χ4n) is 4.39. The van der Waals surface area contributed by atoms with Crippen molar-refractivity contribution in [3.63, 3.8) is 0 Å². The molecule has 7 nitrogen and oxygen atoms in total. The van der Waals surface area contributed by atoms with Gasteiger partial charge in [-0.05, 0) is 47.5 Å². The van der Waals surface area contributed by atoms with Crippen molar-refractivity contribution in [1.29, 1.82) is 5.41 Å². The maximum absolute atomic E-state index is 12.3. The molecule has 0 unspecified atom stereocenters. The first-order valence-electron chi connectivity index (χ1n) is 11.8. The number of hydrogen-bond donors (Lipinski definition) is 4. The van der Waals surface area contributed by atoms with Gasteiger partial charge in [0.2, 0.25) is 11.5 Å². The van der Waals surface area contributed by atoms with Crippen LogP contribution in [0.1, 0.15) is 5.56 Å². The van der Waals surface area contributed by atoms with Gasteiger partial charge in [0, 0.05) is 22.0 Å². The van der Waals surface area contributed by atoms with Crippen LogP contribution in [0.3, 0.4) is 0 Å². The zero-order valence-electron chi connectivity index (χ0n) is 19.9. The van der Waals surface area contributed by atoms with E-state index in [0.717, 1.165) is 33.4 Å². The summed E-state index contributed by atoms with van der Waals surface area (Å²) >= 11 is 6.42. The van der Waals surface area contributed by atoms with Crippen molar-refractivity contribution < 1.29 is 9.90 Å². The molecule has 1 aromatic heterocycles. The third-order valence-corrected chi connectivity index (χ3v) is 6.69. The van der Waals surface area contributed by atoms with Gasteiger partial charge in [0.05, 0.1) is 24.2 Å². The number of nitrogens with one attached hydrogen (secondary N) is 2. The number of imidazole rings is 1. The number of amides is 1. The number of halogens is 1. The highest BCUT2D eigenvalue weighted by Crippen LogP contribution is 2.29. The minimum atomic E-state index is -0.995. The predicted octanol–water partition coefficient (Wildman–Crippen LogP) is 4.54. The Hall–Kier alpha value is -4.17. The van der Waals surface area contributed by atoms with Gasteiger partial charge in [-0.25, -0.2) is 0 Å². The average Bonchev–Trinajstić information content (AvgIpc) is 3.20. The maximum atomic E-state index is 12.3. The van der Waals surface area contributed by atoms with Crippen LogP contribution in [0.15, 0.2) is 97.1 Å². The predicted molar refractivity (Wildman–Crippen MR) is 147 cm³/mol. The molecular formula is C29H26ClN5O2. The molecule has 0 aliphatic heterocycles. The minimum Gasteiger partial charge on any atom is -0.394 e. The monoisotopic (exact) mass is 511 g/mol. The van der Waals surface area contributed by atoms with E-state index in [1.807, 2.05) is 100 Å². The smallest absolute Gasteiger partial charge is 0.243 e. The molecule has 37 heavy (non-hydrogen) atoms. The van der Waals surface area contributed by atoms with Crippen molar-refractivity contribution in [2.45, 2.75) is 12.6 Å². The molecule has 0 bridgehead atoms. The Morgan fingerprint density at radius 2 is 1.57 bits per heavy atom. The number of nitrogens with zero attached hydrogens (tertiary/aromatic N) is 2. The van der Waals surface area contributed by atoms with Gasteiger partial charge in [-0.1, -0.05) is 72.3 Å². The van der Waals surface area contributed by atoms with Crippen LogP contribution in [0.4, 0.5) is 5.69 Å². The Morgan fingerprint density at radius 3 is 2.30 bits per heavy atom. The van der Waals surface area contributed by atoms with Crippen LogP contribution in [0.2, 0.25) is 5.02 Å². The van der Waals surface area contributed by atoms with Gasteiger partial charge < -0.3 is 20.7 Å². The van der Waals surface area contributed by atoms with Crippen molar-refractivity contribution in [3.05, 3.63) is 113 Å². The molecule has 4 aromatic carbocycles. The van der Waals surface area contributed by atoms with Gasteiger partial charge in [-0.3, -0.25) is 14.8 Å². The van der Waals surface area contributed by atoms with Gasteiger partial charge in [0.15, 0.2) is 0 Å². The Morgan fingerprint density at radius 1 is 0.919 bits per heavy atom. The molecule has 0 aliphatic carbocycles. The highest BCUT2D eigenvalue weighted by atomic mass is 35.5. The van der Waals surface area contributed by atoms with Crippen LogP contribution in [0.5, 0.6) is 0 Å². The number of nitrogens with two attached hydrogens (primary N) is 1. The van der Waals surface area contributed by atoms with Crippen LogP contribution in [-0.2, 0) is 11.3 Å². The first-order valence-corrected chi connectivity index (χ1v) is 12.2. The molecular weight excluding hydrogens is 486 g/mol. The van der Waals surface area contributed by atoms with Crippen LogP contribution in [0.25, 0.3) is 27.8 Å². The number of hydrogen-bond acceptors (Lipinski definition) is 4. The number of fused-ring (bicyclic) bond motifs is 1. The molecule has 0 saturated heterocycles. The van der Waals surface area contributed by atoms with Gasteiger partial charge >= 0.3 is 0 Å². The van der Waals surface area contributed by atoms with Gasteiger partial charge in [0.1, 0.15) is 6.04 Å². The number of para-hydroxylation sites is 3. The van der Waals surface area contributed by atoms with Crippen molar-refractivity contribution >= 4 is 34.2 Å². The fraction of sp³-hybridized carbons (Fsp3) is 0.103. The first kappa shape index (κ1) is 24.5. The molecule has 1 amide bonds. The molecule has 0 saturated carbocycles. The van der Waals surface area contributed by atoms with Gasteiger partial charge in [0.25, 0.3) is 0 Å². The number of aromatic nitrogens is 2. The van der Waals surface area contributed by atoms with E-state index < -0.39 is 18.6 Å². The second kappa shape index (κ2) is 10.4. The zero-order valence-corrected chi connectivity index (χ0v) is 20.7. The molecule has 5 aromatic rings. The topological polar surface area (TPSA) is 109 Å². The van der Waals surface area contributed by atoms with Gasteiger partial charge in [-0.15, -0.1) is 0 Å². The summed E-state index contributed by atoms with van der Waals surface area (Å²) in [5.41, 5.74) is 12.0. The highest BCUT2D eigenvalue weighted by molar-refractivity contribution is 6.31. The van der Waals surface area contributed by atoms with Crippen LogP contribution < -0.4 is 16.7 Å². The highest BCUT2D eigenvalue weighted by Gasteiger charge is 2.16. The average molecular weight is 512 g/mol. The number of carbonyl (C=O) groups excluding carboxylic acids is 1. The number of carbonyl (C=O) groups is 1. The first-order chi connectivity index (χ1) is 18.0. The van der Waals surface area contributed by atoms with Crippen LogP contribution >= 0.6 is 11.6 Å². The Bertz CT molecular complexity index is 1640. The lowest BCUT2D eigenvalue weighted by Gasteiger charge is -2.14. The Balaban J connectivity index is 1.53. The van der Waals surface area contributed by atoms with Crippen molar-refractivity contribution in [2.75, 3.05) is 11.9 Å². The lowest BCUT2D eigenvalue weighted by Crippen LogP contribution is -2.38. The Labute approximate surface area is 218 Å². The van der Waals surface area contributed by atoms with E-state index in [-0.39, 0.29) is 0 Å². The van der Waals surface area contributed by atoms with Gasteiger partial charge in [-0.2, -0.15) is 0 Å². The molecule has 0 spiro atoms.